The van der Waals surface area contributed by atoms with Gasteiger partial charge in [-0.25, -0.2) is 4.98 Å². The quantitative estimate of drug-likeness (QED) is 0.388. The molecule has 11 heteroatoms. The average molecular weight is 527 g/mol. The zero-order chi connectivity index (χ0) is 26.9. The number of carbonyl (C=O) groups excluding carboxylic acids is 1. The first-order valence-corrected chi connectivity index (χ1v) is 12.9. The minimum Gasteiger partial charge on any atom is -0.494 e. The second-order valence-corrected chi connectivity index (χ2v) is 9.68. The number of methoxy groups -OCH3 is 1. The van der Waals surface area contributed by atoms with E-state index in [0.29, 0.717) is 41.5 Å². The first-order chi connectivity index (χ1) is 19.0. The lowest BCUT2D eigenvalue weighted by Crippen LogP contribution is -2.36. The summed E-state index contributed by atoms with van der Waals surface area (Å²) >= 11 is 0. The van der Waals surface area contributed by atoms with Gasteiger partial charge in [0.15, 0.2) is 11.6 Å². The Morgan fingerprint density at radius 3 is 2.62 bits per heavy atom. The Bertz CT molecular complexity index is 1510. The molecule has 0 bridgehead atoms. The molecule has 5 heterocycles. The van der Waals surface area contributed by atoms with Crippen molar-refractivity contribution < 1.29 is 14.3 Å². The molecule has 1 amide bonds. The maximum absolute atomic E-state index is 13.1. The first-order valence-electron chi connectivity index (χ1n) is 12.9. The number of rotatable bonds is 7. The van der Waals surface area contributed by atoms with E-state index in [4.69, 9.17) is 19.4 Å². The number of amides is 1. The Labute approximate surface area is 226 Å². The number of nitrogens with zero attached hydrogens (tertiary/aromatic N) is 7. The Balaban J connectivity index is 1.32. The molecular weight excluding hydrogens is 496 g/mol. The van der Waals surface area contributed by atoms with Crippen molar-refractivity contribution in [3.63, 3.8) is 0 Å². The highest BCUT2D eigenvalue weighted by Crippen LogP contribution is 2.38. The van der Waals surface area contributed by atoms with Crippen molar-refractivity contribution in [1.29, 1.82) is 0 Å². The van der Waals surface area contributed by atoms with Gasteiger partial charge in [-0.3, -0.25) is 19.4 Å². The van der Waals surface area contributed by atoms with Crippen LogP contribution in [0, 0.1) is 0 Å². The third-order valence-corrected chi connectivity index (χ3v) is 6.97. The molecule has 0 spiro atoms. The van der Waals surface area contributed by atoms with Crippen LogP contribution in [0.5, 0.6) is 5.75 Å². The minimum atomic E-state index is -0.0685. The number of nitrogens with one attached hydrogen (secondary N) is 1. The van der Waals surface area contributed by atoms with Crippen molar-refractivity contribution in [1.82, 2.24) is 29.6 Å². The van der Waals surface area contributed by atoms with Crippen molar-refractivity contribution >= 4 is 23.0 Å². The van der Waals surface area contributed by atoms with E-state index in [1.807, 2.05) is 43.6 Å². The van der Waals surface area contributed by atoms with Gasteiger partial charge < -0.3 is 24.6 Å². The number of aryl methyl sites for hydroxylation is 1. The average Bonchev–Trinajstić information content (AvgIpc) is 3.51. The smallest absolute Gasteiger partial charge is 0.257 e. The Kier molecular flexibility index (Phi) is 6.57. The Morgan fingerprint density at radius 2 is 1.90 bits per heavy atom. The summed E-state index contributed by atoms with van der Waals surface area (Å²) in [5.74, 6) is 1.08. The van der Waals surface area contributed by atoms with Crippen LogP contribution < -0.4 is 15.0 Å². The maximum atomic E-state index is 13.1. The lowest BCUT2D eigenvalue weighted by molar-refractivity contribution is 0.0817. The molecule has 0 aliphatic carbocycles. The number of ether oxygens (including phenoxy) is 2. The largest absolute Gasteiger partial charge is 0.494 e. The van der Waals surface area contributed by atoms with Crippen LogP contribution in [0.25, 0.3) is 11.4 Å². The monoisotopic (exact) mass is 526 g/mol. The number of hydrogen-bond donors (Lipinski definition) is 1. The van der Waals surface area contributed by atoms with Crippen molar-refractivity contribution in [2.45, 2.75) is 13.0 Å². The molecule has 1 N–H and O–H groups in total. The zero-order valence-electron chi connectivity index (χ0n) is 22.2. The summed E-state index contributed by atoms with van der Waals surface area (Å²) in [5.41, 5.74) is 6.27. The SMILES string of the molecule is COc1c(Nc2cc(Cc3ccc(N4CCOCC4)cn3)nc3c2C(=O)N(C)C3)cccc1-c1ncn(C)n1. The molecule has 0 unspecified atom stereocenters. The summed E-state index contributed by atoms with van der Waals surface area (Å²) in [5, 5.41) is 7.88. The maximum Gasteiger partial charge on any atom is 0.257 e. The fourth-order valence-electron chi connectivity index (χ4n) is 5.04. The first kappa shape index (κ1) is 24.8. The van der Waals surface area contributed by atoms with Gasteiger partial charge in [0.05, 0.1) is 66.9 Å². The highest BCUT2D eigenvalue weighted by molar-refractivity contribution is 6.03. The standard InChI is InChI=1S/C28H30N8O3/c1-34-16-24-25(28(34)37)23(32-22-6-4-5-21(26(22)38-3)27-30-17-35(2)33-27)14-19(31-24)13-18-7-8-20(15-29-18)36-9-11-39-12-10-36/h4-8,14-15,17H,9-13,16H2,1-3H3,(H,31,32). The van der Waals surface area contributed by atoms with E-state index in [9.17, 15) is 4.79 Å². The van der Waals surface area contributed by atoms with Crippen LogP contribution in [-0.4, -0.2) is 76.0 Å². The fourth-order valence-corrected chi connectivity index (χ4v) is 5.04. The molecule has 0 atom stereocenters. The predicted octanol–water partition coefficient (Wildman–Crippen LogP) is 3.04. The predicted molar refractivity (Wildman–Crippen MR) is 146 cm³/mol. The van der Waals surface area contributed by atoms with Crippen LogP contribution in [0.1, 0.15) is 27.4 Å². The van der Waals surface area contributed by atoms with Gasteiger partial charge in [-0.1, -0.05) is 6.07 Å². The molecular formula is C28H30N8O3. The van der Waals surface area contributed by atoms with Crippen molar-refractivity contribution in [3.8, 4) is 17.1 Å². The Hall–Kier alpha value is -4.51. The number of para-hydroxylation sites is 1. The van der Waals surface area contributed by atoms with E-state index in [-0.39, 0.29) is 5.91 Å². The van der Waals surface area contributed by atoms with Gasteiger partial charge in [0.1, 0.15) is 6.33 Å². The van der Waals surface area contributed by atoms with Crippen LogP contribution >= 0.6 is 0 Å². The summed E-state index contributed by atoms with van der Waals surface area (Å²) in [7, 11) is 5.22. The van der Waals surface area contributed by atoms with Crippen LogP contribution in [0.2, 0.25) is 0 Å². The van der Waals surface area contributed by atoms with Crippen LogP contribution in [-0.2, 0) is 24.8 Å². The second kappa shape index (κ2) is 10.3. The van der Waals surface area contributed by atoms with Crippen LogP contribution in [0.4, 0.5) is 17.1 Å². The summed E-state index contributed by atoms with van der Waals surface area (Å²) in [6.45, 7) is 3.65. The van der Waals surface area contributed by atoms with Gasteiger partial charge in [0.2, 0.25) is 0 Å². The fraction of sp³-hybridized carbons (Fsp3) is 0.321. The van der Waals surface area contributed by atoms with E-state index in [2.05, 4.69) is 26.4 Å². The molecule has 4 aromatic rings. The Morgan fingerprint density at radius 1 is 1.05 bits per heavy atom. The molecule has 1 aromatic carbocycles. The van der Waals surface area contributed by atoms with Gasteiger partial charge in [-0.15, -0.1) is 0 Å². The summed E-state index contributed by atoms with van der Waals surface area (Å²) in [6.07, 6.45) is 4.09. The molecule has 0 radical (unpaired) electrons. The van der Waals surface area contributed by atoms with Gasteiger partial charge in [0, 0.05) is 45.0 Å². The topological polar surface area (TPSA) is 111 Å². The summed E-state index contributed by atoms with van der Waals surface area (Å²) in [6, 6.07) is 11.8. The van der Waals surface area contributed by atoms with Crippen LogP contribution in [0.3, 0.4) is 0 Å². The number of anilines is 3. The van der Waals surface area contributed by atoms with E-state index >= 15 is 0 Å². The van der Waals surface area contributed by atoms with Gasteiger partial charge >= 0.3 is 0 Å². The molecule has 200 valence electrons. The van der Waals surface area contributed by atoms with Crippen LogP contribution in [0.15, 0.2) is 48.9 Å². The number of hydrogen-bond acceptors (Lipinski definition) is 9. The zero-order valence-corrected chi connectivity index (χ0v) is 22.2. The number of fused-ring (bicyclic) bond motifs is 1. The molecule has 11 nitrogen and oxygen atoms in total. The summed E-state index contributed by atoms with van der Waals surface area (Å²) in [4.78, 5) is 31.0. The van der Waals surface area contributed by atoms with E-state index in [1.165, 1.54) is 0 Å². The van der Waals surface area contributed by atoms with Crippen molar-refractivity contribution in [2.75, 3.05) is 50.7 Å². The highest BCUT2D eigenvalue weighted by atomic mass is 16.5. The molecule has 6 rings (SSSR count). The number of aromatic nitrogens is 5. The van der Waals surface area contributed by atoms with Crippen molar-refractivity contribution in [2.24, 2.45) is 7.05 Å². The number of benzene rings is 1. The van der Waals surface area contributed by atoms with E-state index in [0.717, 1.165) is 54.6 Å². The molecule has 39 heavy (non-hydrogen) atoms. The highest BCUT2D eigenvalue weighted by Gasteiger charge is 2.30. The van der Waals surface area contributed by atoms with Gasteiger partial charge in [-0.2, -0.15) is 5.10 Å². The van der Waals surface area contributed by atoms with E-state index < -0.39 is 0 Å². The van der Waals surface area contributed by atoms with Gasteiger partial charge in [-0.05, 0) is 30.3 Å². The second-order valence-electron chi connectivity index (χ2n) is 9.68. The molecule has 2 aliphatic heterocycles. The van der Waals surface area contributed by atoms with E-state index in [1.54, 1.807) is 30.1 Å². The molecule has 3 aromatic heterocycles. The molecule has 1 fully saturated rings. The van der Waals surface area contributed by atoms with Gasteiger partial charge in [0.25, 0.3) is 5.91 Å². The third-order valence-electron chi connectivity index (χ3n) is 6.97. The number of pyridine rings is 2. The molecule has 0 saturated carbocycles. The molecule has 1 saturated heterocycles. The van der Waals surface area contributed by atoms with Crippen molar-refractivity contribution in [3.05, 3.63) is 71.6 Å². The molecule has 2 aliphatic rings. The third kappa shape index (κ3) is 4.88. The number of carbonyl (C=O) groups is 1. The minimum absolute atomic E-state index is 0.0685. The normalized spacial score (nSPS) is 15.0. The summed E-state index contributed by atoms with van der Waals surface area (Å²) < 4.78 is 12.9. The lowest BCUT2D eigenvalue weighted by atomic mass is 10.1. The lowest BCUT2D eigenvalue weighted by Gasteiger charge is -2.28. The number of morpholine rings is 1.